The van der Waals surface area contributed by atoms with Crippen LogP contribution in [0.5, 0.6) is 5.75 Å². The van der Waals surface area contributed by atoms with Gasteiger partial charge < -0.3 is 15.0 Å². The van der Waals surface area contributed by atoms with Crippen molar-refractivity contribution in [3.8, 4) is 5.75 Å². The van der Waals surface area contributed by atoms with E-state index in [0.717, 1.165) is 36.5 Å². The summed E-state index contributed by atoms with van der Waals surface area (Å²) in [5, 5.41) is 2.79. The second-order valence-corrected chi connectivity index (χ2v) is 8.63. The van der Waals surface area contributed by atoms with Crippen LogP contribution in [0.25, 0.3) is 0 Å². The lowest BCUT2D eigenvalue weighted by Gasteiger charge is -2.39. The summed E-state index contributed by atoms with van der Waals surface area (Å²) in [6.07, 6.45) is 6.20. The minimum absolute atomic E-state index is 0.0668. The topological polar surface area (TPSA) is 61.9 Å². The average Bonchev–Trinajstić information content (AvgIpc) is 3.06. The molecule has 4 rings (SSSR count). The zero-order valence-electron chi connectivity index (χ0n) is 18.2. The van der Waals surface area contributed by atoms with E-state index < -0.39 is 6.04 Å². The number of ether oxygens (including phenoxy) is 1. The molecule has 1 aromatic rings. The second-order valence-electron chi connectivity index (χ2n) is 8.63. The van der Waals surface area contributed by atoms with Crippen molar-refractivity contribution in [3.63, 3.8) is 0 Å². The van der Waals surface area contributed by atoms with E-state index in [1.807, 2.05) is 18.2 Å². The Kier molecular flexibility index (Phi) is 6.14. The fourth-order valence-electron chi connectivity index (χ4n) is 5.20. The Bertz CT molecular complexity index is 833. The van der Waals surface area contributed by atoms with Crippen LogP contribution in [0.3, 0.4) is 0 Å². The highest BCUT2D eigenvalue weighted by Crippen LogP contribution is 2.33. The molecule has 30 heavy (non-hydrogen) atoms. The molecule has 3 aliphatic rings. The predicted molar refractivity (Wildman–Crippen MR) is 116 cm³/mol. The number of hydrogen-bond acceptors (Lipinski definition) is 4. The van der Waals surface area contributed by atoms with Gasteiger partial charge in [-0.1, -0.05) is 26.8 Å². The Morgan fingerprint density at radius 3 is 2.67 bits per heavy atom. The molecule has 1 unspecified atom stereocenters. The molecule has 2 amide bonds. The molecule has 2 aliphatic heterocycles. The fourth-order valence-corrected chi connectivity index (χ4v) is 5.20. The van der Waals surface area contributed by atoms with E-state index in [9.17, 15) is 9.59 Å². The summed E-state index contributed by atoms with van der Waals surface area (Å²) in [6, 6.07) is 5.80. The van der Waals surface area contributed by atoms with Crippen molar-refractivity contribution < 1.29 is 14.3 Å². The number of hydrogen-bond donors (Lipinski definition) is 1. The molecule has 2 fully saturated rings. The number of fused-ring (bicyclic) bond motifs is 1. The van der Waals surface area contributed by atoms with E-state index in [1.165, 1.54) is 19.3 Å². The minimum Gasteiger partial charge on any atom is -0.489 e. The largest absolute Gasteiger partial charge is 0.489 e. The van der Waals surface area contributed by atoms with E-state index in [2.05, 4.69) is 30.6 Å². The third-order valence-corrected chi connectivity index (χ3v) is 6.84. The maximum atomic E-state index is 12.9. The van der Waals surface area contributed by atoms with Crippen LogP contribution in [0, 0.1) is 0 Å². The number of benzene rings is 1. The van der Waals surface area contributed by atoms with Crippen LogP contribution < -0.4 is 10.1 Å². The van der Waals surface area contributed by atoms with Gasteiger partial charge in [-0.15, -0.1) is 0 Å². The van der Waals surface area contributed by atoms with Gasteiger partial charge in [0.1, 0.15) is 17.9 Å². The zero-order valence-corrected chi connectivity index (χ0v) is 18.2. The highest BCUT2D eigenvalue weighted by atomic mass is 16.5. The van der Waals surface area contributed by atoms with Crippen LogP contribution in [0.4, 0.5) is 0 Å². The highest BCUT2D eigenvalue weighted by Gasteiger charge is 2.38. The van der Waals surface area contributed by atoms with Gasteiger partial charge in [-0.05, 0) is 69.0 Å². The summed E-state index contributed by atoms with van der Waals surface area (Å²) >= 11 is 0. The van der Waals surface area contributed by atoms with Crippen LogP contribution in [0.2, 0.25) is 0 Å². The number of allylic oxidation sites excluding steroid dienone is 1. The van der Waals surface area contributed by atoms with Gasteiger partial charge in [0.25, 0.3) is 5.91 Å². The van der Waals surface area contributed by atoms with Crippen LogP contribution in [-0.4, -0.2) is 52.9 Å². The summed E-state index contributed by atoms with van der Waals surface area (Å²) < 4.78 is 6.47. The van der Waals surface area contributed by atoms with Gasteiger partial charge in [0.05, 0.1) is 0 Å². The minimum atomic E-state index is -0.426. The monoisotopic (exact) mass is 411 g/mol. The van der Waals surface area contributed by atoms with Crippen molar-refractivity contribution >= 4 is 11.8 Å². The molecule has 0 bridgehead atoms. The molecule has 2 heterocycles. The first kappa shape index (κ1) is 20.9. The quantitative estimate of drug-likeness (QED) is 0.779. The second kappa shape index (κ2) is 8.80. The lowest BCUT2D eigenvalue weighted by molar-refractivity contribution is -0.126. The molecule has 1 aromatic carbocycles. The molecule has 0 aromatic heterocycles. The molecule has 6 nitrogen and oxygen atoms in total. The Labute approximate surface area is 179 Å². The molecule has 1 aliphatic carbocycles. The Morgan fingerprint density at radius 2 is 1.93 bits per heavy atom. The Balaban J connectivity index is 1.48. The van der Waals surface area contributed by atoms with Crippen molar-refractivity contribution in [2.45, 2.75) is 77.1 Å². The molecule has 0 spiro atoms. The first-order valence-corrected chi connectivity index (χ1v) is 11.3. The van der Waals surface area contributed by atoms with Crippen LogP contribution in [0.1, 0.15) is 68.3 Å². The standard InChI is InChI=1S/C24H33N3O3/c1-4-26(5-2)20-8-6-7-9-22(20)30-18-11-12-19-17(14-18)15-27(24(19)29)21-13-10-16(3)25-23(21)28/h11-12,14,20-22H,3-10,13,15H2,1-2H3,(H,25,28)/t20-,21?,22+/m1/s1. The summed E-state index contributed by atoms with van der Waals surface area (Å²) in [5.41, 5.74) is 2.36. The molecule has 3 atom stereocenters. The van der Waals surface area contributed by atoms with Crippen molar-refractivity contribution in [2.75, 3.05) is 13.1 Å². The number of rotatable bonds is 6. The molecular formula is C24H33N3O3. The third-order valence-electron chi connectivity index (χ3n) is 6.84. The first-order valence-electron chi connectivity index (χ1n) is 11.3. The van der Waals surface area contributed by atoms with Crippen molar-refractivity contribution in [3.05, 3.63) is 41.6 Å². The molecule has 1 saturated heterocycles. The highest BCUT2D eigenvalue weighted by molar-refractivity contribution is 6.01. The normalized spacial score (nSPS) is 26.7. The molecule has 0 radical (unpaired) electrons. The van der Waals surface area contributed by atoms with Gasteiger partial charge in [0.2, 0.25) is 5.91 Å². The number of nitrogens with one attached hydrogen (secondary N) is 1. The summed E-state index contributed by atoms with van der Waals surface area (Å²) in [5.74, 6) is 0.630. The van der Waals surface area contributed by atoms with E-state index in [0.29, 0.717) is 31.0 Å². The molecular weight excluding hydrogens is 378 g/mol. The van der Waals surface area contributed by atoms with Gasteiger partial charge in [-0.3, -0.25) is 14.5 Å². The first-order chi connectivity index (χ1) is 14.5. The SMILES string of the molecule is C=C1CCC(N2Cc3cc(O[C@H]4CCCC[C@H]4N(CC)CC)ccc3C2=O)C(=O)N1. The number of carbonyl (C=O) groups excluding carboxylic acids is 2. The van der Waals surface area contributed by atoms with Crippen LogP contribution in [-0.2, 0) is 11.3 Å². The molecule has 162 valence electrons. The Hall–Kier alpha value is -2.34. The number of nitrogens with zero attached hydrogens (tertiary/aromatic N) is 2. The fraction of sp³-hybridized carbons (Fsp3) is 0.583. The summed E-state index contributed by atoms with van der Waals surface area (Å²) in [4.78, 5) is 29.5. The zero-order chi connectivity index (χ0) is 21.3. The molecule has 1 N–H and O–H groups in total. The van der Waals surface area contributed by atoms with Gasteiger partial charge in [-0.2, -0.15) is 0 Å². The number of likely N-dealkylation sites (N-methyl/N-ethyl adjacent to an activating group) is 1. The maximum absolute atomic E-state index is 12.9. The third kappa shape index (κ3) is 3.97. The molecule has 1 saturated carbocycles. The van der Waals surface area contributed by atoms with E-state index >= 15 is 0 Å². The average molecular weight is 412 g/mol. The summed E-state index contributed by atoms with van der Waals surface area (Å²) in [7, 11) is 0. The summed E-state index contributed by atoms with van der Waals surface area (Å²) in [6.45, 7) is 10.8. The van der Waals surface area contributed by atoms with Gasteiger partial charge in [0.15, 0.2) is 0 Å². The molecule has 6 heteroatoms. The van der Waals surface area contributed by atoms with E-state index in [1.54, 1.807) is 4.90 Å². The number of carbonyl (C=O) groups is 2. The van der Waals surface area contributed by atoms with Crippen molar-refractivity contribution in [2.24, 2.45) is 0 Å². The lowest BCUT2D eigenvalue weighted by Crippen LogP contribution is -2.49. The van der Waals surface area contributed by atoms with Gasteiger partial charge in [-0.25, -0.2) is 0 Å². The maximum Gasteiger partial charge on any atom is 0.255 e. The Morgan fingerprint density at radius 1 is 1.17 bits per heavy atom. The number of amides is 2. The predicted octanol–water partition coefficient (Wildman–Crippen LogP) is 3.47. The van der Waals surface area contributed by atoms with Gasteiger partial charge >= 0.3 is 0 Å². The van der Waals surface area contributed by atoms with E-state index in [-0.39, 0.29) is 17.9 Å². The van der Waals surface area contributed by atoms with Gasteiger partial charge in [0, 0.05) is 23.8 Å². The smallest absolute Gasteiger partial charge is 0.255 e. The van der Waals surface area contributed by atoms with Crippen molar-refractivity contribution in [1.82, 2.24) is 15.1 Å². The van der Waals surface area contributed by atoms with E-state index in [4.69, 9.17) is 4.74 Å². The van der Waals surface area contributed by atoms with Crippen LogP contribution >= 0.6 is 0 Å². The lowest BCUT2D eigenvalue weighted by atomic mass is 9.91. The number of piperidine rings is 1. The van der Waals surface area contributed by atoms with Crippen molar-refractivity contribution in [1.29, 1.82) is 0 Å². The van der Waals surface area contributed by atoms with Crippen LogP contribution in [0.15, 0.2) is 30.5 Å².